The number of carbonyl (C=O) groups excluding carboxylic acids is 1. The Morgan fingerprint density at radius 3 is 2.62 bits per heavy atom. The van der Waals surface area contributed by atoms with E-state index in [1.54, 1.807) is 0 Å². The van der Waals surface area contributed by atoms with Crippen LogP contribution in [0.4, 0.5) is 0 Å². The van der Waals surface area contributed by atoms with Crippen LogP contribution in [0.15, 0.2) is 0 Å². The Balaban J connectivity index is 2.21. The summed E-state index contributed by atoms with van der Waals surface area (Å²) in [6, 6.07) is 0. The first-order valence-electron chi connectivity index (χ1n) is 6.22. The molecule has 0 aromatic heterocycles. The third-order valence-electron chi connectivity index (χ3n) is 3.36. The van der Waals surface area contributed by atoms with E-state index < -0.39 is 0 Å². The monoisotopic (exact) mass is 244 g/mol. The number of hydrogen-bond donors (Lipinski definition) is 2. The third kappa shape index (κ3) is 4.34. The molecule has 1 rings (SSSR count). The molecule has 1 amide bonds. The lowest BCUT2D eigenvalue weighted by molar-refractivity contribution is -0.123. The molecule has 16 heavy (non-hydrogen) atoms. The van der Waals surface area contributed by atoms with Crippen LogP contribution < -0.4 is 11.1 Å². The highest BCUT2D eigenvalue weighted by atomic mass is 32.2. The Bertz CT molecular complexity index is 215. The van der Waals surface area contributed by atoms with Gasteiger partial charge in [0.05, 0.1) is 5.54 Å². The number of unbranched alkanes of at least 4 members (excludes halogenated alkanes) is 1. The van der Waals surface area contributed by atoms with E-state index in [-0.39, 0.29) is 11.4 Å². The van der Waals surface area contributed by atoms with Crippen molar-refractivity contribution in [3.63, 3.8) is 0 Å². The van der Waals surface area contributed by atoms with Crippen molar-refractivity contribution in [3.05, 3.63) is 0 Å². The largest absolute Gasteiger partial charge is 0.349 e. The summed E-state index contributed by atoms with van der Waals surface area (Å²) < 4.78 is 0. The molecule has 1 fully saturated rings. The van der Waals surface area contributed by atoms with Gasteiger partial charge in [0.25, 0.3) is 0 Å². The number of nitrogens with one attached hydrogen (secondary N) is 1. The van der Waals surface area contributed by atoms with Gasteiger partial charge in [-0.15, -0.1) is 0 Å². The van der Waals surface area contributed by atoms with Gasteiger partial charge in [0, 0.05) is 13.0 Å². The van der Waals surface area contributed by atoms with Crippen molar-refractivity contribution in [2.24, 2.45) is 5.73 Å². The molecule has 0 spiro atoms. The fourth-order valence-corrected chi connectivity index (χ4v) is 2.81. The molecule has 1 aliphatic rings. The van der Waals surface area contributed by atoms with E-state index in [1.807, 2.05) is 11.8 Å². The summed E-state index contributed by atoms with van der Waals surface area (Å²) in [6.45, 7) is 0.587. The van der Waals surface area contributed by atoms with E-state index in [1.165, 1.54) is 12.8 Å². The van der Waals surface area contributed by atoms with Crippen LogP contribution >= 0.6 is 11.8 Å². The molecule has 0 atom stereocenters. The normalized spacial score (nSPS) is 18.6. The van der Waals surface area contributed by atoms with Crippen LogP contribution in [0, 0.1) is 0 Å². The van der Waals surface area contributed by atoms with Crippen LogP contribution in [0.1, 0.15) is 44.9 Å². The Hall–Kier alpha value is -0.220. The summed E-state index contributed by atoms with van der Waals surface area (Å²) in [6.07, 6.45) is 9.38. The lowest BCUT2D eigenvalue weighted by Crippen LogP contribution is -2.51. The van der Waals surface area contributed by atoms with Crippen molar-refractivity contribution in [3.8, 4) is 0 Å². The number of amides is 1. The first-order valence-corrected chi connectivity index (χ1v) is 7.62. The van der Waals surface area contributed by atoms with Crippen LogP contribution in [0.3, 0.4) is 0 Å². The first kappa shape index (κ1) is 13.8. The number of nitrogens with two attached hydrogens (primary N) is 1. The quantitative estimate of drug-likeness (QED) is 0.673. The second-order valence-electron chi connectivity index (χ2n) is 4.69. The molecule has 94 valence electrons. The molecule has 0 heterocycles. The molecular weight excluding hydrogens is 220 g/mol. The zero-order chi connectivity index (χ0) is 11.9. The second kappa shape index (κ2) is 7.17. The average Bonchev–Trinajstić information content (AvgIpc) is 2.74. The first-order chi connectivity index (χ1) is 7.72. The maximum Gasteiger partial charge on any atom is 0.220 e. The maximum absolute atomic E-state index is 11.8. The molecule has 0 radical (unpaired) electrons. The highest BCUT2D eigenvalue weighted by molar-refractivity contribution is 7.98. The molecule has 0 bridgehead atoms. The fraction of sp³-hybridized carbons (Fsp3) is 0.917. The topological polar surface area (TPSA) is 55.1 Å². The van der Waals surface area contributed by atoms with Gasteiger partial charge in [-0.1, -0.05) is 12.8 Å². The van der Waals surface area contributed by atoms with Crippen LogP contribution in [-0.2, 0) is 4.79 Å². The number of thioether (sulfide) groups is 1. The third-order valence-corrected chi connectivity index (χ3v) is 4.06. The van der Waals surface area contributed by atoms with E-state index in [4.69, 9.17) is 5.73 Å². The van der Waals surface area contributed by atoms with Gasteiger partial charge in [-0.25, -0.2) is 0 Å². The van der Waals surface area contributed by atoms with Crippen LogP contribution in [-0.4, -0.2) is 30.0 Å². The summed E-state index contributed by atoms with van der Waals surface area (Å²) in [5, 5.41) is 3.15. The Kier molecular flexibility index (Phi) is 6.21. The molecule has 0 aromatic rings. The van der Waals surface area contributed by atoms with Gasteiger partial charge in [-0.3, -0.25) is 4.79 Å². The molecule has 3 nitrogen and oxygen atoms in total. The van der Waals surface area contributed by atoms with Crippen LogP contribution in [0.2, 0.25) is 0 Å². The molecule has 0 aromatic carbocycles. The second-order valence-corrected chi connectivity index (χ2v) is 5.68. The predicted octanol–water partition coefficient (Wildman–Crippen LogP) is 1.91. The van der Waals surface area contributed by atoms with Crippen LogP contribution in [0.5, 0.6) is 0 Å². The minimum atomic E-state index is -0.0728. The predicted molar refractivity (Wildman–Crippen MR) is 70.6 cm³/mol. The lowest BCUT2D eigenvalue weighted by atomic mass is 9.97. The van der Waals surface area contributed by atoms with Gasteiger partial charge in [0.15, 0.2) is 0 Å². The van der Waals surface area contributed by atoms with Gasteiger partial charge in [0.2, 0.25) is 5.91 Å². The minimum Gasteiger partial charge on any atom is -0.349 e. The van der Waals surface area contributed by atoms with Gasteiger partial charge >= 0.3 is 0 Å². The molecule has 0 saturated heterocycles. The Labute approximate surface area is 103 Å². The molecule has 0 aliphatic heterocycles. The van der Waals surface area contributed by atoms with Crippen LogP contribution in [0.25, 0.3) is 0 Å². The van der Waals surface area contributed by atoms with E-state index >= 15 is 0 Å². The van der Waals surface area contributed by atoms with E-state index in [9.17, 15) is 4.79 Å². The summed E-state index contributed by atoms with van der Waals surface area (Å²) in [4.78, 5) is 11.8. The zero-order valence-electron chi connectivity index (χ0n) is 10.3. The number of hydrogen-bond acceptors (Lipinski definition) is 3. The SMILES string of the molecule is CSCCCCC(=O)NC1(CN)CCCC1. The van der Waals surface area contributed by atoms with Crippen molar-refractivity contribution < 1.29 is 4.79 Å². The van der Waals surface area contributed by atoms with Gasteiger partial charge < -0.3 is 11.1 Å². The summed E-state index contributed by atoms with van der Waals surface area (Å²) in [7, 11) is 0. The molecule has 4 heteroatoms. The fourth-order valence-electron chi connectivity index (χ4n) is 2.32. The van der Waals surface area contributed by atoms with Crippen molar-refractivity contribution >= 4 is 17.7 Å². The van der Waals surface area contributed by atoms with Crippen molar-refractivity contribution in [2.45, 2.75) is 50.5 Å². The minimum absolute atomic E-state index is 0.0728. The van der Waals surface area contributed by atoms with Crippen molar-refractivity contribution in [2.75, 3.05) is 18.6 Å². The van der Waals surface area contributed by atoms with Gasteiger partial charge in [-0.05, 0) is 37.7 Å². The molecule has 3 N–H and O–H groups in total. The molecular formula is C12H24N2OS. The number of carbonyl (C=O) groups is 1. The average molecular weight is 244 g/mol. The van der Waals surface area contributed by atoms with Gasteiger partial charge in [0.1, 0.15) is 0 Å². The summed E-state index contributed by atoms with van der Waals surface area (Å²) >= 11 is 1.84. The van der Waals surface area contributed by atoms with E-state index in [0.29, 0.717) is 13.0 Å². The summed E-state index contributed by atoms with van der Waals surface area (Å²) in [5.74, 6) is 1.34. The zero-order valence-corrected chi connectivity index (χ0v) is 11.1. The molecule has 1 aliphatic carbocycles. The molecule has 1 saturated carbocycles. The van der Waals surface area contributed by atoms with Crippen molar-refractivity contribution in [1.82, 2.24) is 5.32 Å². The number of rotatable bonds is 7. The van der Waals surface area contributed by atoms with E-state index in [2.05, 4.69) is 11.6 Å². The lowest BCUT2D eigenvalue weighted by Gasteiger charge is -2.28. The summed E-state index contributed by atoms with van der Waals surface area (Å²) in [5.41, 5.74) is 5.70. The Morgan fingerprint density at radius 1 is 1.38 bits per heavy atom. The van der Waals surface area contributed by atoms with E-state index in [0.717, 1.165) is 31.4 Å². The Morgan fingerprint density at radius 2 is 2.06 bits per heavy atom. The standard InChI is InChI=1S/C12H24N2OS/c1-16-9-5-2-6-11(15)14-12(10-13)7-3-4-8-12/h2-10,13H2,1H3,(H,14,15). The highest BCUT2D eigenvalue weighted by Crippen LogP contribution is 2.28. The maximum atomic E-state index is 11.8. The molecule has 0 unspecified atom stereocenters. The highest BCUT2D eigenvalue weighted by Gasteiger charge is 2.33. The smallest absolute Gasteiger partial charge is 0.220 e. The van der Waals surface area contributed by atoms with Gasteiger partial charge in [-0.2, -0.15) is 11.8 Å². The van der Waals surface area contributed by atoms with Crippen molar-refractivity contribution in [1.29, 1.82) is 0 Å².